The Morgan fingerprint density at radius 3 is 2.47 bits per heavy atom. The Balaban J connectivity index is 1.20. The highest BCUT2D eigenvalue weighted by atomic mass is 35.5. The number of nitrogens with zero attached hydrogens (tertiary/aromatic N) is 1. The molecule has 2 aliphatic heterocycles. The van der Waals surface area contributed by atoms with Gasteiger partial charge in [-0.2, -0.15) is 0 Å². The Kier molecular flexibility index (Phi) is 7.48. The van der Waals surface area contributed by atoms with Crippen LogP contribution in [-0.2, 0) is 11.2 Å². The van der Waals surface area contributed by atoms with Crippen molar-refractivity contribution in [2.24, 2.45) is 5.92 Å². The first-order valence-corrected chi connectivity index (χ1v) is 11.8. The number of hydrogen-bond donors (Lipinski definition) is 1. The Morgan fingerprint density at radius 2 is 1.77 bits per heavy atom. The van der Waals surface area contributed by atoms with Crippen LogP contribution in [-0.4, -0.2) is 42.9 Å². The van der Waals surface area contributed by atoms with Gasteiger partial charge in [-0.3, -0.25) is 4.79 Å². The maximum Gasteiger partial charge on any atom is 0.150 e. The lowest BCUT2D eigenvalue weighted by Crippen LogP contribution is -2.47. The van der Waals surface area contributed by atoms with E-state index in [-0.39, 0.29) is 12.0 Å². The highest BCUT2D eigenvalue weighted by Crippen LogP contribution is 2.30. The Bertz CT molecular complexity index is 849. The van der Waals surface area contributed by atoms with Gasteiger partial charge in [0.1, 0.15) is 5.78 Å². The van der Waals surface area contributed by atoms with Crippen LogP contribution in [0.15, 0.2) is 48.5 Å². The summed E-state index contributed by atoms with van der Waals surface area (Å²) in [5, 5.41) is 4.59. The fourth-order valence-electron chi connectivity index (χ4n) is 4.79. The molecule has 2 unspecified atom stereocenters. The van der Waals surface area contributed by atoms with E-state index in [0.29, 0.717) is 22.2 Å². The lowest BCUT2D eigenvalue weighted by atomic mass is 9.86. The van der Waals surface area contributed by atoms with E-state index in [9.17, 15) is 4.79 Å². The molecule has 30 heavy (non-hydrogen) atoms. The van der Waals surface area contributed by atoms with Gasteiger partial charge in [-0.15, -0.1) is 0 Å². The van der Waals surface area contributed by atoms with Crippen LogP contribution in [0.4, 0.5) is 0 Å². The molecule has 2 heterocycles. The van der Waals surface area contributed by atoms with Gasteiger partial charge in [-0.05, 0) is 68.0 Å². The number of piperidine rings is 2. The Morgan fingerprint density at radius 1 is 1.00 bits per heavy atom. The van der Waals surface area contributed by atoms with Crippen LogP contribution in [0.5, 0.6) is 0 Å². The monoisotopic (exact) mass is 444 g/mol. The topological polar surface area (TPSA) is 32.3 Å². The quantitative estimate of drug-likeness (QED) is 0.651. The van der Waals surface area contributed by atoms with E-state index in [4.69, 9.17) is 23.2 Å². The molecule has 2 fully saturated rings. The number of ketones is 1. The first kappa shape index (κ1) is 21.8. The summed E-state index contributed by atoms with van der Waals surface area (Å²) in [6.07, 6.45) is 5.17. The van der Waals surface area contributed by atoms with Crippen molar-refractivity contribution in [1.29, 1.82) is 0 Å². The van der Waals surface area contributed by atoms with Crippen LogP contribution in [0.25, 0.3) is 0 Å². The number of halogens is 2. The number of likely N-dealkylation sites (tertiary alicyclic amines) is 1. The molecule has 160 valence electrons. The normalized spacial score (nSPS) is 23.6. The average Bonchev–Trinajstić information content (AvgIpc) is 2.76. The van der Waals surface area contributed by atoms with Crippen molar-refractivity contribution < 1.29 is 4.79 Å². The predicted molar refractivity (Wildman–Crippen MR) is 125 cm³/mol. The van der Waals surface area contributed by atoms with Gasteiger partial charge >= 0.3 is 0 Å². The summed E-state index contributed by atoms with van der Waals surface area (Å²) < 4.78 is 0. The molecule has 0 saturated carbocycles. The van der Waals surface area contributed by atoms with Gasteiger partial charge in [0.2, 0.25) is 0 Å². The zero-order valence-corrected chi connectivity index (χ0v) is 18.8. The molecule has 2 aliphatic rings. The molecule has 5 heteroatoms. The highest BCUT2D eigenvalue weighted by Gasteiger charge is 2.30. The van der Waals surface area contributed by atoms with Gasteiger partial charge in [0.05, 0.1) is 16.1 Å². The summed E-state index contributed by atoms with van der Waals surface area (Å²) in [4.78, 5) is 15.2. The summed E-state index contributed by atoms with van der Waals surface area (Å²) in [6, 6.07) is 16.5. The minimum absolute atomic E-state index is 0.0222. The smallest absolute Gasteiger partial charge is 0.150 e. The Labute approximate surface area is 189 Å². The van der Waals surface area contributed by atoms with Gasteiger partial charge in [-0.1, -0.05) is 59.6 Å². The molecular weight excluding hydrogens is 415 g/mol. The third-order valence-corrected chi connectivity index (χ3v) is 7.41. The van der Waals surface area contributed by atoms with Crippen molar-refractivity contribution in [2.75, 3.05) is 26.2 Å². The maximum absolute atomic E-state index is 12.7. The maximum atomic E-state index is 12.7. The SMILES string of the molecule is O=C1CC(c2ccc(Cl)c(Cl)c2)CNC1CCN1CCC(Cc2ccccc2)CC1. The van der Waals surface area contributed by atoms with Crippen LogP contribution < -0.4 is 5.32 Å². The van der Waals surface area contributed by atoms with E-state index < -0.39 is 0 Å². The first-order valence-electron chi connectivity index (χ1n) is 11.1. The lowest BCUT2D eigenvalue weighted by Gasteiger charge is -2.34. The average molecular weight is 445 g/mol. The zero-order chi connectivity index (χ0) is 20.9. The molecule has 0 aromatic heterocycles. The summed E-state index contributed by atoms with van der Waals surface area (Å²) in [5.74, 6) is 1.28. The number of rotatable bonds is 6. The standard InChI is InChI=1S/C25H30Cl2N2O/c26-22-7-6-20(15-23(22)27)21-16-25(30)24(28-17-21)10-13-29-11-8-19(9-12-29)14-18-4-2-1-3-5-18/h1-7,15,19,21,24,28H,8-14,16-17H2. The minimum Gasteiger partial charge on any atom is -0.307 e. The van der Waals surface area contributed by atoms with Crippen molar-refractivity contribution >= 4 is 29.0 Å². The number of Topliss-reactive ketones (excluding diaryl/α,β-unsaturated/α-hetero) is 1. The van der Waals surface area contributed by atoms with Crippen molar-refractivity contribution in [3.05, 3.63) is 69.7 Å². The molecule has 0 spiro atoms. The zero-order valence-electron chi connectivity index (χ0n) is 17.3. The fraction of sp³-hybridized carbons (Fsp3) is 0.480. The van der Waals surface area contributed by atoms with Crippen LogP contribution >= 0.6 is 23.2 Å². The molecule has 2 aromatic rings. The van der Waals surface area contributed by atoms with Crippen molar-refractivity contribution in [2.45, 2.75) is 44.1 Å². The van der Waals surface area contributed by atoms with Crippen LogP contribution in [0.2, 0.25) is 10.0 Å². The van der Waals surface area contributed by atoms with Crippen molar-refractivity contribution in [3.63, 3.8) is 0 Å². The lowest BCUT2D eigenvalue weighted by molar-refractivity contribution is -0.123. The summed E-state index contributed by atoms with van der Waals surface area (Å²) in [5.41, 5.74) is 2.54. The molecular formula is C25H30Cl2N2O. The Hall–Kier alpha value is -1.39. The van der Waals surface area contributed by atoms with E-state index in [1.807, 2.05) is 18.2 Å². The molecule has 4 rings (SSSR count). The molecule has 2 saturated heterocycles. The minimum atomic E-state index is -0.0222. The van der Waals surface area contributed by atoms with Gasteiger partial charge < -0.3 is 10.2 Å². The second-order valence-corrected chi connectivity index (χ2v) is 9.58. The first-order chi connectivity index (χ1) is 14.6. The van der Waals surface area contributed by atoms with Gasteiger partial charge in [-0.25, -0.2) is 0 Å². The number of nitrogens with one attached hydrogen (secondary N) is 1. The number of benzene rings is 2. The third kappa shape index (κ3) is 5.64. The molecule has 3 nitrogen and oxygen atoms in total. The van der Waals surface area contributed by atoms with Crippen LogP contribution in [0, 0.1) is 5.92 Å². The van der Waals surface area contributed by atoms with E-state index >= 15 is 0 Å². The second kappa shape index (κ2) is 10.3. The highest BCUT2D eigenvalue weighted by molar-refractivity contribution is 6.42. The molecule has 2 aromatic carbocycles. The fourth-order valence-corrected chi connectivity index (χ4v) is 5.10. The van der Waals surface area contributed by atoms with E-state index in [0.717, 1.165) is 44.1 Å². The summed E-state index contributed by atoms with van der Waals surface area (Å²) in [7, 11) is 0. The van der Waals surface area contributed by atoms with Crippen LogP contribution in [0.3, 0.4) is 0 Å². The molecule has 0 radical (unpaired) electrons. The molecule has 1 N–H and O–H groups in total. The largest absolute Gasteiger partial charge is 0.307 e. The van der Waals surface area contributed by atoms with Gasteiger partial charge in [0, 0.05) is 25.4 Å². The number of hydrogen-bond acceptors (Lipinski definition) is 3. The molecule has 2 atom stereocenters. The van der Waals surface area contributed by atoms with Crippen molar-refractivity contribution in [1.82, 2.24) is 10.2 Å². The van der Waals surface area contributed by atoms with Crippen molar-refractivity contribution in [3.8, 4) is 0 Å². The van der Waals surface area contributed by atoms with Gasteiger partial charge in [0.15, 0.2) is 0 Å². The van der Waals surface area contributed by atoms with E-state index in [1.54, 1.807) is 0 Å². The molecule has 0 aliphatic carbocycles. The third-order valence-electron chi connectivity index (χ3n) is 6.67. The summed E-state index contributed by atoms with van der Waals surface area (Å²) >= 11 is 12.2. The number of carbonyl (C=O) groups excluding carboxylic acids is 1. The number of carbonyl (C=O) groups is 1. The van der Waals surface area contributed by atoms with E-state index in [1.165, 1.54) is 24.8 Å². The molecule has 0 bridgehead atoms. The molecule has 0 amide bonds. The summed E-state index contributed by atoms with van der Waals surface area (Å²) in [6.45, 7) is 4.10. The van der Waals surface area contributed by atoms with Gasteiger partial charge in [0.25, 0.3) is 0 Å². The predicted octanol–water partition coefficient (Wildman–Crippen LogP) is 5.35. The van der Waals surface area contributed by atoms with E-state index in [2.05, 4.69) is 40.5 Å². The second-order valence-electron chi connectivity index (χ2n) is 8.77. The van der Waals surface area contributed by atoms with Crippen LogP contribution in [0.1, 0.15) is 42.7 Å².